The van der Waals surface area contributed by atoms with Crippen LogP contribution in [0.15, 0.2) is 0 Å². The van der Waals surface area contributed by atoms with E-state index in [2.05, 4.69) is 5.32 Å². The molecule has 2 amide bonds. The first-order chi connectivity index (χ1) is 8.96. The van der Waals surface area contributed by atoms with E-state index in [0.29, 0.717) is 34.1 Å². The molecule has 102 valence electrons. The molecule has 0 aromatic carbocycles. The average Bonchev–Trinajstić information content (AvgIpc) is 2.66. The second-order valence-corrected chi connectivity index (χ2v) is 5.05. The van der Waals surface area contributed by atoms with E-state index in [-0.39, 0.29) is 11.8 Å². The Morgan fingerprint density at radius 1 is 1.37 bits per heavy atom. The highest BCUT2D eigenvalue weighted by Gasteiger charge is 2.23. The first-order valence-electron chi connectivity index (χ1n) is 6.06. The standard InChI is InChI=1S/C13H17N3O2S/c1-5-16(6-2)13(18)11-8(3)10(7-14)12(19-11)15-9(4)17/h5-6H2,1-4H3,(H,15,17). The molecule has 0 aliphatic carbocycles. The van der Waals surface area contributed by atoms with E-state index >= 15 is 0 Å². The minimum atomic E-state index is -0.250. The fourth-order valence-corrected chi connectivity index (χ4v) is 2.93. The van der Waals surface area contributed by atoms with Crippen molar-refractivity contribution < 1.29 is 9.59 Å². The van der Waals surface area contributed by atoms with Gasteiger partial charge in [0.15, 0.2) is 0 Å². The SMILES string of the molecule is CCN(CC)C(=O)c1sc(NC(C)=O)c(C#N)c1C. The summed E-state index contributed by atoms with van der Waals surface area (Å²) in [6.45, 7) is 8.15. The van der Waals surface area contributed by atoms with Crippen molar-refractivity contribution >= 4 is 28.2 Å². The maximum atomic E-state index is 12.3. The van der Waals surface area contributed by atoms with Gasteiger partial charge in [-0.25, -0.2) is 0 Å². The Morgan fingerprint density at radius 2 is 1.95 bits per heavy atom. The van der Waals surface area contributed by atoms with Gasteiger partial charge in [0.05, 0.1) is 10.4 Å². The zero-order valence-electron chi connectivity index (χ0n) is 11.5. The van der Waals surface area contributed by atoms with Crippen LogP contribution in [0.3, 0.4) is 0 Å². The van der Waals surface area contributed by atoms with Crippen LogP contribution in [0.5, 0.6) is 0 Å². The highest BCUT2D eigenvalue weighted by molar-refractivity contribution is 7.18. The summed E-state index contributed by atoms with van der Waals surface area (Å²) in [5.74, 6) is -0.347. The van der Waals surface area contributed by atoms with Crippen molar-refractivity contribution in [3.63, 3.8) is 0 Å². The Morgan fingerprint density at radius 3 is 2.37 bits per heavy atom. The predicted octanol–water partition coefficient (Wildman–Crippen LogP) is 2.37. The first kappa shape index (κ1) is 15.2. The summed E-state index contributed by atoms with van der Waals surface area (Å²) >= 11 is 1.16. The van der Waals surface area contributed by atoms with Crippen molar-refractivity contribution in [2.45, 2.75) is 27.7 Å². The molecule has 1 heterocycles. The molecule has 1 rings (SSSR count). The zero-order chi connectivity index (χ0) is 14.6. The normalized spacial score (nSPS) is 9.84. The van der Waals surface area contributed by atoms with Crippen LogP contribution in [0, 0.1) is 18.3 Å². The molecule has 0 bridgehead atoms. The van der Waals surface area contributed by atoms with Crippen LogP contribution in [-0.4, -0.2) is 29.8 Å². The van der Waals surface area contributed by atoms with Crippen molar-refractivity contribution in [3.05, 3.63) is 16.0 Å². The van der Waals surface area contributed by atoms with Gasteiger partial charge in [0, 0.05) is 20.0 Å². The van der Waals surface area contributed by atoms with Crippen molar-refractivity contribution in [1.29, 1.82) is 5.26 Å². The van der Waals surface area contributed by atoms with Crippen LogP contribution in [0.4, 0.5) is 5.00 Å². The average molecular weight is 279 g/mol. The number of anilines is 1. The molecule has 0 spiro atoms. The lowest BCUT2D eigenvalue weighted by atomic mass is 10.1. The Bertz CT molecular complexity index is 539. The van der Waals surface area contributed by atoms with Gasteiger partial charge in [-0.15, -0.1) is 11.3 Å². The minimum absolute atomic E-state index is 0.0967. The molecule has 0 aliphatic heterocycles. The first-order valence-corrected chi connectivity index (χ1v) is 6.88. The van der Waals surface area contributed by atoms with Crippen molar-refractivity contribution in [3.8, 4) is 6.07 Å². The van der Waals surface area contributed by atoms with Gasteiger partial charge < -0.3 is 10.2 Å². The lowest BCUT2D eigenvalue weighted by Gasteiger charge is -2.17. The highest BCUT2D eigenvalue weighted by atomic mass is 32.1. The second kappa shape index (κ2) is 6.34. The number of carbonyl (C=O) groups excluding carboxylic acids is 2. The minimum Gasteiger partial charge on any atom is -0.338 e. The Balaban J connectivity index is 3.23. The molecule has 0 saturated carbocycles. The van der Waals surface area contributed by atoms with E-state index in [1.54, 1.807) is 11.8 Å². The lowest BCUT2D eigenvalue weighted by molar-refractivity contribution is -0.114. The molecule has 0 atom stereocenters. The van der Waals surface area contributed by atoms with Gasteiger partial charge in [-0.1, -0.05) is 0 Å². The van der Waals surface area contributed by atoms with Gasteiger partial charge in [0.1, 0.15) is 11.1 Å². The number of nitrogens with one attached hydrogen (secondary N) is 1. The summed E-state index contributed by atoms with van der Waals surface area (Å²) in [6.07, 6.45) is 0. The largest absolute Gasteiger partial charge is 0.338 e. The maximum absolute atomic E-state index is 12.3. The topological polar surface area (TPSA) is 73.2 Å². The summed E-state index contributed by atoms with van der Waals surface area (Å²) < 4.78 is 0. The summed E-state index contributed by atoms with van der Waals surface area (Å²) in [4.78, 5) is 25.6. The molecule has 0 fully saturated rings. The van der Waals surface area contributed by atoms with Gasteiger partial charge in [0.25, 0.3) is 5.91 Å². The lowest BCUT2D eigenvalue weighted by Crippen LogP contribution is -2.30. The van der Waals surface area contributed by atoms with Crippen LogP contribution < -0.4 is 5.32 Å². The van der Waals surface area contributed by atoms with Crippen LogP contribution in [0.25, 0.3) is 0 Å². The predicted molar refractivity (Wildman–Crippen MR) is 75.3 cm³/mol. The van der Waals surface area contributed by atoms with Crippen molar-refractivity contribution in [2.75, 3.05) is 18.4 Å². The summed E-state index contributed by atoms with van der Waals surface area (Å²) in [5, 5.41) is 12.2. The molecule has 1 aromatic heterocycles. The quantitative estimate of drug-likeness (QED) is 0.919. The van der Waals surface area contributed by atoms with E-state index in [0.717, 1.165) is 11.3 Å². The van der Waals surface area contributed by atoms with Crippen LogP contribution in [0.2, 0.25) is 0 Å². The monoisotopic (exact) mass is 279 g/mol. The molecule has 0 radical (unpaired) electrons. The second-order valence-electron chi connectivity index (χ2n) is 4.03. The third-order valence-corrected chi connectivity index (χ3v) is 3.99. The smallest absolute Gasteiger partial charge is 0.264 e. The number of amides is 2. The maximum Gasteiger partial charge on any atom is 0.264 e. The van der Waals surface area contributed by atoms with Gasteiger partial charge in [-0.05, 0) is 26.3 Å². The van der Waals surface area contributed by atoms with Crippen LogP contribution >= 0.6 is 11.3 Å². The van der Waals surface area contributed by atoms with E-state index in [4.69, 9.17) is 5.26 Å². The molecule has 5 nitrogen and oxygen atoms in total. The highest BCUT2D eigenvalue weighted by Crippen LogP contribution is 2.33. The van der Waals surface area contributed by atoms with E-state index in [1.165, 1.54) is 6.92 Å². The van der Waals surface area contributed by atoms with E-state index in [9.17, 15) is 9.59 Å². The summed E-state index contributed by atoms with van der Waals surface area (Å²) in [6, 6.07) is 2.04. The number of hydrogen-bond donors (Lipinski definition) is 1. The van der Waals surface area contributed by atoms with Gasteiger partial charge >= 0.3 is 0 Å². The number of nitriles is 1. The van der Waals surface area contributed by atoms with Crippen molar-refractivity contribution in [2.24, 2.45) is 0 Å². The molecule has 0 unspecified atom stereocenters. The molecule has 0 aliphatic rings. The van der Waals surface area contributed by atoms with E-state index in [1.807, 2.05) is 19.9 Å². The van der Waals surface area contributed by atoms with Gasteiger partial charge in [-0.3, -0.25) is 9.59 Å². The molecule has 0 saturated heterocycles. The third kappa shape index (κ3) is 3.12. The Kier molecular flexibility index (Phi) is 5.07. The molecule has 1 aromatic rings. The van der Waals surface area contributed by atoms with Gasteiger partial charge in [0.2, 0.25) is 5.91 Å². The molecule has 6 heteroatoms. The van der Waals surface area contributed by atoms with E-state index < -0.39 is 0 Å². The molecule has 19 heavy (non-hydrogen) atoms. The van der Waals surface area contributed by atoms with Gasteiger partial charge in [-0.2, -0.15) is 5.26 Å². The summed E-state index contributed by atoms with van der Waals surface area (Å²) in [7, 11) is 0. The number of hydrogen-bond acceptors (Lipinski definition) is 4. The fraction of sp³-hybridized carbons (Fsp3) is 0.462. The van der Waals surface area contributed by atoms with Crippen LogP contribution in [-0.2, 0) is 4.79 Å². The molecular formula is C13H17N3O2S. The molecular weight excluding hydrogens is 262 g/mol. The number of nitrogens with zero attached hydrogens (tertiary/aromatic N) is 2. The number of carbonyl (C=O) groups is 2. The third-order valence-electron chi connectivity index (χ3n) is 2.79. The molecule has 1 N–H and O–H groups in total. The Labute approximate surface area is 116 Å². The zero-order valence-corrected chi connectivity index (χ0v) is 12.3. The summed E-state index contributed by atoms with van der Waals surface area (Å²) in [5.41, 5.74) is 1.00. The fourth-order valence-electron chi connectivity index (χ4n) is 1.75. The Hall–Kier alpha value is -1.87. The number of thiophene rings is 1. The number of rotatable bonds is 4. The van der Waals surface area contributed by atoms with Crippen molar-refractivity contribution in [1.82, 2.24) is 4.90 Å². The van der Waals surface area contributed by atoms with Crippen LogP contribution in [0.1, 0.15) is 41.6 Å².